The lowest BCUT2D eigenvalue weighted by Crippen LogP contribution is -2.49. The van der Waals surface area contributed by atoms with Crippen molar-refractivity contribution in [3.63, 3.8) is 0 Å². The Kier molecular flexibility index (Phi) is 6.20. The highest BCUT2D eigenvalue weighted by Crippen LogP contribution is 2.18. The summed E-state index contributed by atoms with van der Waals surface area (Å²) in [4.78, 5) is 14.5. The Morgan fingerprint density at radius 2 is 1.70 bits per heavy atom. The van der Waals surface area contributed by atoms with Crippen molar-refractivity contribution in [1.29, 1.82) is 0 Å². The fraction of sp³-hybridized carbons (Fsp3) is 0.368. The quantitative estimate of drug-likeness (QED) is 0.591. The van der Waals surface area contributed by atoms with Crippen molar-refractivity contribution in [3.8, 4) is 5.75 Å². The number of nitro benzene ring substituents is 1. The van der Waals surface area contributed by atoms with Crippen molar-refractivity contribution in [2.75, 3.05) is 44.2 Å². The molecule has 2 aromatic rings. The summed E-state index contributed by atoms with van der Waals surface area (Å²) in [5.41, 5.74) is 1.00. The van der Waals surface area contributed by atoms with Gasteiger partial charge < -0.3 is 14.7 Å². The van der Waals surface area contributed by atoms with Gasteiger partial charge >= 0.3 is 0 Å². The summed E-state index contributed by atoms with van der Waals surface area (Å²) >= 11 is 0. The van der Waals surface area contributed by atoms with E-state index < -0.39 is 11.0 Å². The molecular formula is C19H22FN3O4. The minimum absolute atomic E-state index is 0.00178. The number of benzene rings is 2. The van der Waals surface area contributed by atoms with Gasteiger partial charge in [-0.3, -0.25) is 15.0 Å². The first-order valence-electron chi connectivity index (χ1n) is 8.79. The molecule has 2 aromatic carbocycles. The maximum absolute atomic E-state index is 13.0. The second-order valence-corrected chi connectivity index (χ2v) is 6.48. The number of halogens is 1. The van der Waals surface area contributed by atoms with Crippen LogP contribution in [0.15, 0.2) is 48.5 Å². The molecule has 0 aromatic heterocycles. The minimum atomic E-state index is -0.655. The van der Waals surface area contributed by atoms with Crippen LogP contribution in [-0.2, 0) is 0 Å². The van der Waals surface area contributed by atoms with Crippen LogP contribution in [0.25, 0.3) is 0 Å². The number of non-ortho nitro benzene ring substituents is 1. The molecule has 27 heavy (non-hydrogen) atoms. The monoisotopic (exact) mass is 375 g/mol. The van der Waals surface area contributed by atoms with Gasteiger partial charge in [-0.15, -0.1) is 0 Å². The Balaban J connectivity index is 1.40. The van der Waals surface area contributed by atoms with Gasteiger partial charge in [-0.25, -0.2) is 4.39 Å². The van der Waals surface area contributed by atoms with Crippen molar-refractivity contribution in [2.24, 2.45) is 0 Å². The number of aliphatic hydroxyl groups excluding tert-OH is 1. The zero-order valence-corrected chi connectivity index (χ0v) is 14.8. The van der Waals surface area contributed by atoms with Gasteiger partial charge in [0.2, 0.25) is 0 Å². The maximum Gasteiger partial charge on any atom is 0.269 e. The first kappa shape index (κ1) is 19.1. The van der Waals surface area contributed by atoms with Gasteiger partial charge in [0, 0.05) is 50.5 Å². The Hall–Kier alpha value is -2.71. The van der Waals surface area contributed by atoms with Gasteiger partial charge in [0.25, 0.3) is 5.69 Å². The van der Waals surface area contributed by atoms with Gasteiger partial charge in [0.05, 0.1) is 4.92 Å². The Bertz CT molecular complexity index is 747. The Morgan fingerprint density at radius 1 is 1.07 bits per heavy atom. The molecule has 8 heteroatoms. The number of hydrogen-bond acceptors (Lipinski definition) is 6. The highest BCUT2D eigenvalue weighted by atomic mass is 19.1. The zero-order chi connectivity index (χ0) is 19.2. The molecule has 0 spiro atoms. The first-order chi connectivity index (χ1) is 13.0. The van der Waals surface area contributed by atoms with E-state index in [9.17, 15) is 19.6 Å². The van der Waals surface area contributed by atoms with Crippen LogP contribution in [0.1, 0.15) is 0 Å². The highest BCUT2D eigenvalue weighted by molar-refractivity contribution is 5.46. The van der Waals surface area contributed by atoms with Crippen LogP contribution < -0.4 is 9.64 Å². The maximum atomic E-state index is 13.0. The molecule has 0 radical (unpaired) electrons. The van der Waals surface area contributed by atoms with Crippen LogP contribution in [-0.4, -0.2) is 60.4 Å². The number of ether oxygens (including phenoxy) is 1. The van der Waals surface area contributed by atoms with Crippen molar-refractivity contribution in [3.05, 3.63) is 64.5 Å². The minimum Gasteiger partial charge on any atom is -0.491 e. The fourth-order valence-corrected chi connectivity index (χ4v) is 3.05. The first-order valence-corrected chi connectivity index (χ1v) is 8.79. The molecule has 1 aliphatic rings. The molecule has 1 N–H and O–H groups in total. The standard InChI is InChI=1S/C19H22FN3O4/c20-15-1-3-16(4-2-15)22-11-9-21(10-12-22)13-18(24)14-27-19-7-5-17(6-8-19)23(25)26/h1-8,18,24H,9-14H2. The molecule has 0 amide bonds. The summed E-state index contributed by atoms with van der Waals surface area (Å²) in [6, 6.07) is 12.3. The van der Waals surface area contributed by atoms with E-state index >= 15 is 0 Å². The molecule has 3 rings (SSSR count). The third-order valence-corrected chi connectivity index (χ3v) is 4.52. The number of nitro groups is 1. The van der Waals surface area contributed by atoms with E-state index in [0.29, 0.717) is 12.3 Å². The van der Waals surface area contributed by atoms with Crippen LogP contribution in [0.3, 0.4) is 0 Å². The van der Waals surface area contributed by atoms with Crippen LogP contribution in [0.4, 0.5) is 15.8 Å². The highest BCUT2D eigenvalue weighted by Gasteiger charge is 2.20. The van der Waals surface area contributed by atoms with E-state index in [1.165, 1.54) is 36.4 Å². The summed E-state index contributed by atoms with van der Waals surface area (Å²) < 4.78 is 18.5. The average Bonchev–Trinajstić information content (AvgIpc) is 2.68. The van der Waals surface area contributed by atoms with E-state index in [2.05, 4.69) is 9.80 Å². The molecule has 1 heterocycles. The molecular weight excluding hydrogens is 353 g/mol. The smallest absolute Gasteiger partial charge is 0.269 e. The molecule has 7 nitrogen and oxygen atoms in total. The molecule has 1 unspecified atom stereocenters. The summed E-state index contributed by atoms with van der Waals surface area (Å²) in [7, 11) is 0. The van der Waals surface area contributed by atoms with Gasteiger partial charge in [-0.2, -0.15) is 0 Å². The van der Waals surface area contributed by atoms with E-state index in [-0.39, 0.29) is 18.1 Å². The lowest BCUT2D eigenvalue weighted by Gasteiger charge is -2.36. The number of aliphatic hydroxyl groups is 1. The van der Waals surface area contributed by atoms with E-state index in [1.54, 1.807) is 12.1 Å². The zero-order valence-electron chi connectivity index (χ0n) is 14.8. The molecule has 144 valence electrons. The van der Waals surface area contributed by atoms with Crippen LogP contribution in [0.5, 0.6) is 5.75 Å². The number of hydrogen-bond donors (Lipinski definition) is 1. The summed E-state index contributed by atoms with van der Waals surface area (Å²) in [5, 5.41) is 20.8. The second-order valence-electron chi connectivity index (χ2n) is 6.48. The lowest BCUT2D eigenvalue weighted by molar-refractivity contribution is -0.384. The van der Waals surface area contributed by atoms with Crippen LogP contribution in [0, 0.1) is 15.9 Å². The predicted octanol–water partition coefficient (Wildman–Crippen LogP) is 2.30. The number of β-amino-alcohol motifs (C(OH)–C–C–N with tert-alkyl or cyclic N) is 1. The number of nitrogens with zero attached hydrogens (tertiary/aromatic N) is 3. The molecule has 0 aliphatic carbocycles. The molecule has 0 bridgehead atoms. The SMILES string of the molecule is O=[N+]([O-])c1ccc(OCC(O)CN2CCN(c3ccc(F)cc3)CC2)cc1. The molecule has 1 aliphatic heterocycles. The molecule has 1 fully saturated rings. The van der Waals surface area contributed by atoms with Crippen molar-refractivity contribution in [2.45, 2.75) is 6.10 Å². The van der Waals surface area contributed by atoms with Crippen LogP contribution in [0.2, 0.25) is 0 Å². The van der Waals surface area contributed by atoms with Crippen molar-refractivity contribution >= 4 is 11.4 Å². The summed E-state index contributed by atoms with van der Waals surface area (Å²) in [5.74, 6) is 0.245. The van der Waals surface area contributed by atoms with Crippen molar-refractivity contribution < 1.29 is 19.2 Å². The topological polar surface area (TPSA) is 79.1 Å². The third-order valence-electron chi connectivity index (χ3n) is 4.52. The molecule has 1 atom stereocenters. The number of rotatable bonds is 7. The average molecular weight is 375 g/mol. The number of piperazine rings is 1. The van der Waals surface area contributed by atoms with E-state index in [1.807, 2.05) is 0 Å². The van der Waals surface area contributed by atoms with E-state index in [4.69, 9.17) is 4.74 Å². The normalized spacial score (nSPS) is 16.1. The summed E-state index contributed by atoms with van der Waals surface area (Å²) in [6.45, 7) is 3.82. The Morgan fingerprint density at radius 3 is 2.30 bits per heavy atom. The van der Waals surface area contributed by atoms with E-state index in [0.717, 1.165) is 31.9 Å². The molecule has 1 saturated heterocycles. The fourth-order valence-electron chi connectivity index (χ4n) is 3.05. The summed E-state index contributed by atoms with van der Waals surface area (Å²) in [6.07, 6.45) is -0.655. The van der Waals surface area contributed by atoms with Crippen molar-refractivity contribution in [1.82, 2.24) is 4.90 Å². The van der Waals surface area contributed by atoms with Gasteiger partial charge in [0.1, 0.15) is 24.3 Å². The predicted molar refractivity (Wildman–Crippen MR) is 99.7 cm³/mol. The van der Waals surface area contributed by atoms with Gasteiger partial charge in [-0.1, -0.05) is 0 Å². The van der Waals surface area contributed by atoms with Gasteiger partial charge in [-0.05, 0) is 36.4 Å². The van der Waals surface area contributed by atoms with Crippen LogP contribution >= 0.6 is 0 Å². The lowest BCUT2D eigenvalue weighted by atomic mass is 10.2. The second kappa shape index (κ2) is 8.79. The largest absolute Gasteiger partial charge is 0.491 e. The van der Waals surface area contributed by atoms with Gasteiger partial charge in [0.15, 0.2) is 0 Å². The third kappa shape index (κ3) is 5.38. The number of anilines is 1. The Labute approximate surface area is 156 Å². The molecule has 0 saturated carbocycles.